The van der Waals surface area contributed by atoms with Crippen molar-refractivity contribution in [2.45, 2.75) is 38.3 Å². The Morgan fingerprint density at radius 1 is 1.38 bits per heavy atom. The highest BCUT2D eigenvalue weighted by molar-refractivity contribution is 7.12. The van der Waals surface area contributed by atoms with E-state index in [0.29, 0.717) is 17.2 Å². The Hall–Kier alpha value is -1.89. The van der Waals surface area contributed by atoms with Crippen LogP contribution in [-0.4, -0.2) is 35.0 Å². The highest BCUT2D eigenvalue weighted by Gasteiger charge is 2.31. The van der Waals surface area contributed by atoms with Gasteiger partial charge in [-0.05, 0) is 30.7 Å². The molecule has 2 rings (SSSR count). The first-order chi connectivity index (χ1) is 9.97. The first-order valence-corrected chi connectivity index (χ1v) is 7.73. The van der Waals surface area contributed by atoms with E-state index in [9.17, 15) is 14.4 Å². The summed E-state index contributed by atoms with van der Waals surface area (Å²) in [6.07, 6.45) is 2.49. The molecule has 0 aromatic carbocycles. The lowest BCUT2D eigenvalue weighted by molar-refractivity contribution is -0.142. The van der Waals surface area contributed by atoms with Crippen LogP contribution in [0.15, 0.2) is 17.5 Å². The number of rotatable bonds is 7. The molecule has 114 valence electrons. The van der Waals surface area contributed by atoms with Gasteiger partial charge in [-0.1, -0.05) is 18.9 Å². The van der Waals surface area contributed by atoms with E-state index < -0.39 is 24.0 Å². The normalized spacial score (nSPS) is 16.8. The van der Waals surface area contributed by atoms with Gasteiger partial charge in [-0.3, -0.25) is 9.59 Å². The number of nitrogens with one attached hydrogen (secondary N) is 2. The average Bonchev–Trinajstić information content (AvgIpc) is 3.07. The first kappa shape index (κ1) is 15.5. The molecule has 0 aliphatic heterocycles. The second-order valence-corrected chi connectivity index (χ2v) is 6.20. The SMILES string of the molecule is CC(NC(=O)c1cccs1)C(=O)NC(CC1CC1)C(=O)O. The van der Waals surface area contributed by atoms with Crippen molar-refractivity contribution in [3.8, 4) is 0 Å². The Kier molecular flexibility index (Phi) is 4.95. The molecule has 0 saturated heterocycles. The van der Waals surface area contributed by atoms with Gasteiger partial charge in [0.25, 0.3) is 5.91 Å². The van der Waals surface area contributed by atoms with Crippen LogP contribution in [0.25, 0.3) is 0 Å². The molecule has 1 aliphatic rings. The van der Waals surface area contributed by atoms with Crippen molar-refractivity contribution in [1.29, 1.82) is 0 Å². The van der Waals surface area contributed by atoms with Gasteiger partial charge >= 0.3 is 5.97 Å². The summed E-state index contributed by atoms with van der Waals surface area (Å²) in [6.45, 7) is 1.54. The van der Waals surface area contributed by atoms with E-state index in [1.807, 2.05) is 0 Å². The van der Waals surface area contributed by atoms with Crippen molar-refractivity contribution in [3.63, 3.8) is 0 Å². The fraction of sp³-hybridized carbons (Fsp3) is 0.500. The monoisotopic (exact) mass is 310 g/mol. The molecule has 1 aromatic rings. The Morgan fingerprint density at radius 3 is 2.62 bits per heavy atom. The van der Waals surface area contributed by atoms with Gasteiger partial charge in [0.1, 0.15) is 12.1 Å². The molecule has 1 saturated carbocycles. The average molecular weight is 310 g/mol. The maximum Gasteiger partial charge on any atom is 0.326 e. The Bertz CT molecular complexity index is 525. The van der Waals surface area contributed by atoms with E-state index in [1.54, 1.807) is 17.5 Å². The first-order valence-electron chi connectivity index (χ1n) is 6.85. The lowest BCUT2D eigenvalue weighted by Gasteiger charge is -2.18. The van der Waals surface area contributed by atoms with E-state index in [2.05, 4.69) is 10.6 Å². The Balaban J connectivity index is 1.85. The predicted octanol–water partition coefficient (Wildman–Crippen LogP) is 1.24. The summed E-state index contributed by atoms with van der Waals surface area (Å²) in [4.78, 5) is 35.5. The molecule has 1 aliphatic carbocycles. The molecule has 0 radical (unpaired) electrons. The van der Waals surface area contributed by atoms with Crippen molar-refractivity contribution >= 4 is 29.1 Å². The number of aliphatic carboxylic acids is 1. The summed E-state index contributed by atoms with van der Waals surface area (Å²) in [6, 6.07) is 1.75. The molecule has 2 amide bonds. The van der Waals surface area contributed by atoms with Crippen LogP contribution in [0.2, 0.25) is 0 Å². The summed E-state index contributed by atoms with van der Waals surface area (Å²) in [5.74, 6) is -1.45. The molecular formula is C14H18N2O4S. The number of carbonyl (C=O) groups is 3. The summed E-state index contributed by atoms with van der Waals surface area (Å²) >= 11 is 1.28. The topological polar surface area (TPSA) is 95.5 Å². The second kappa shape index (κ2) is 6.71. The van der Waals surface area contributed by atoms with Crippen molar-refractivity contribution < 1.29 is 19.5 Å². The number of carboxylic acids is 1. The number of hydrogen-bond donors (Lipinski definition) is 3. The van der Waals surface area contributed by atoms with Gasteiger partial charge in [0.05, 0.1) is 4.88 Å². The van der Waals surface area contributed by atoms with Crippen LogP contribution < -0.4 is 10.6 Å². The third kappa shape index (κ3) is 4.56. The number of thiophene rings is 1. The summed E-state index contributed by atoms with van der Waals surface area (Å²) < 4.78 is 0. The molecule has 1 heterocycles. The van der Waals surface area contributed by atoms with Crippen LogP contribution in [0.3, 0.4) is 0 Å². The van der Waals surface area contributed by atoms with E-state index >= 15 is 0 Å². The van der Waals surface area contributed by atoms with Gasteiger partial charge in [0, 0.05) is 0 Å². The molecule has 3 N–H and O–H groups in total. The van der Waals surface area contributed by atoms with E-state index in [4.69, 9.17) is 5.11 Å². The number of carboxylic acid groups (broad SMARTS) is 1. The number of hydrogen-bond acceptors (Lipinski definition) is 4. The van der Waals surface area contributed by atoms with E-state index in [1.165, 1.54) is 18.3 Å². The highest BCUT2D eigenvalue weighted by atomic mass is 32.1. The zero-order valence-corrected chi connectivity index (χ0v) is 12.5. The van der Waals surface area contributed by atoms with Crippen LogP contribution in [0.5, 0.6) is 0 Å². The van der Waals surface area contributed by atoms with Crippen molar-refractivity contribution in [2.24, 2.45) is 5.92 Å². The minimum atomic E-state index is -1.04. The quantitative estimate of drug-likeness (QED) is 0.706. The molecule has 21 heavy (non-hydrogen) atoms. The Morgan fingerprint density at radius 2 is 2.10 bits per heavy atom. The fourth-order valence-electron chi connectivity index (χ4n) is 1.95. The van der Waals surface area contributed by atoms with Crippen LogP contribution in [-0.2, 0) is 9.59 Å². The second-order valence-electron chi connectivity index (χ2n) is 5.25. The van der Waals surface area contributed by atoms with Gasteiger partial charge in [0.2, 0.25) is 5.91 Å². The fourth-order valence-corrected chi connectivity index (χ4v) is 2.57. The maximum atomic E-state index is 12.0. The summed E-state index contributed by atoms with van der Waals surface area (Å²) in [5.41, 5.74) is 0. The largest absolute Gasteiger partial charge is 0.480 e. The van der Waals surface area contributed by atoms with Crippen molar-refractivity contribution in [1.82, 2.24) is 10.6 Å². The zero-order valence-electron chi connectivity index (χ0n) is 11.7. The number of amides is 2. The third-order valence-electron chi connectivity index (χ3n) is 3.37. The molecule has 7 heteroatoms. The maximum absolute atomic E-state index is 12.0. The van der Waals surface area contributed by atoms with E-state index in [-0.39, 0.29) is 5.91 Å². The zero-order chi connectivity index (χ0) is 15.4. The molecule has 1 aromatic heterocycles. The molecule has 0 spiro atoms. The van der Waals surface area contributed by atoms with Crippen LogP contribution >= 0.6 is 11.3 Å². The molecule has 6 nitrogen and oxygen atoms in total. The van der Waals surface area contributed by atoms with Crippen LogP contribution in [0.4, 0.5) is 0 Å². The Labute approximate surface area is 126 Å². The number of carbonyl (C=O) groups excluding carboxylic acids is 2. The van der Waals surface area contributed by atoms with Gasteiger partial charge in [-0.2, -0.15) is 0 Å². The van der Waals surface area contributed by atoms with E-state index in [0.717, 1.165) is 12.8 Å². The minimum Gasteiger partial charge on any atom is -0.480 e. The van der Waals surface area contributed by atoms with Crippen LogP contribution in [0.1, 0.15) is 35.9 Å². The molecular weight excluding hydrogens is 292 g/mol. The standard InChI is InChI=1S/C14H18N2O4S/c1-8(15-13(18)11-3-2-6-21-11)12(17)16-10(14(19)20)7-9-4-5-9/h2-3,6,8-10H,4-5,7H2,1H3,(H,15,18)(H,16,17)(H,19,20). The predicted molar refractivity (Wildman–Crippen MR) is 78.2 cm³/mol. The van der Waals surface area contributed by atoms with Crippen molar-refractivity contribution in [2.75, 3.05) is 0 Å². The highest BCUT2D eigenvalue weighted by Crippen LogP contribution is 2.33. The van der Waals surface area contributed by atoms with Crippen molar-refractivity contribution in [3.05, 3.63) is 22.4 Å². The molecule has 0 bridgehead atoms. The summed E-state index contributed by atoms with van der Waals surface area (Å²) in [5, 5.41) is 15.9. The van der Waals surface area contributed by atoms with Gasteiger partial charge in [-0.25, -0.2) is 4.79 Å². The molecule has 2 unspecified atom stereocenters. The lowest BCUT2D eigenvalue weighted by Crippen LogP contribution is -2.50. The van der Waals surface area contributed by atoms with Gasteiger partial charge in [0.15, 0.2) is 0 Å². The lowest BCUT2D eigenvalue weighted by atomic mass is 10.1. The minimum absolute atomic E-state index is 0.332. The third-order valence-corrected chi connectivity index (χ3v) is 4.24. The van der Waals surface area contributed by atoms with Crippen LogP contribution in [0, 0.1) is 5.92 Å². The van der Waals surface area contributed by atoms with Gasteiger partial charge < -0.3 is 15.7 Å². The van der Waals surface area contributed by atoms with Gasteiger partial charge in [-0.15, -0.1) is 11.3 Å². The smallest absolute Gasteiger partial charge is 0.326 e. The molecule has 2 atom stereocenters. The summed E-state index contributed by atoms with van der Waals surface area (Å²) in [7, 11) is 0. The molecule has 1 fully saturated rings.